The lowest BCUT2D eigenvalue weighted by Gasteiger charge is -2.35. The lowest BCUT2D eigenvalue weighted by molar-refractivity contribution is -0.0500. The van der Waals surface area contributed by atoms with E-state index in [0.717, 1.165) is 55.2 Å². The second-order valence-corrected chi connectivity index (χ2v) is 28.7. The summed E-state index contributed by atoms with van der Waals surface area (Å²) in [5.74, 6) is 0.583. The van der Waals surface area contributed by atoms with Crippen molar-refractivity contribution in [3.8, 4) is 28.7 Å². The van der Waals surface area contributed by atoms with E-state index in [1.54, 1.807) is 0 Å². The highest BCUT2D eigenvalue weighted by Crippen LogP contribution is 2.50. The molecule has 0 bridgehead atoms. The van der Waals surface area contributed by atoms with Crippen molar-refractivity contribution in [1.82, 2.24) is 0 Å². The molecule has 4 atom stereocenters. The number of halogens is 3. The molecule has 0 fully saturated rings. The molecule has 0 aliphatic heterocycles. The second kappa shape index (κ2) is 19.2. The summed E-state index contributed by atoms with van der Waals surface area (Å²) in [4.78, 5) is 0. The molecule has 0 heterocycles. The molecular formula is C47H63F3O7SSi2. The van der Waals surface area contributed by atoms with Gasteiger partial charge in [-0.3, -0.25) is 0 Å². The standard InChI is InChI=1S/C24H28O2.C23H35F3O5SSi2/c1-16(2)20-12-9-17(3)13-21(20)24-22(25)14-19(15-23(24)26)11-10-18-7-5-4-6-8-18;1-15(2)18-11-10-16(3)12-19(18)22-20(30-33(4,5)6)13-17(14-21(22)31-34(7,8)9)29-32(27,28)23(24,25)26/h4-8,13-15,20-21,25-26H,1,9-12H2,2-3H3;12-14,18-19H,1,10-11H2,2-9H3/t20-,21+;18-,19+/m11/s1. The van der Waals surface area contributed by atoms with Crippen LogP contribution >= 0.6 is 0 Å². The maximum Gasteiger partial charge on any atom is 0.534 e. The summed E-state index contributed by atoms with van der Waals surface area (Å²) in [6, 6.07) is 16.4. The van der Waals surface area contributed by atoms with Gasteiger partial charge in [-0.1, -0.05) is 77.9 Å². The zero-order valence-electron chi connectivity index (χ0n) is 36.8. The Morgan fingerprint density at radius 2 is 1.13 bits per heavy atom. The summed E-state index contributed by atoms with van der Waals surface area (Å²) in [5, 5.41) is 21.4. The number of phenols is 2. The Bertz CT molecular complexity index is 2140. The van der Waals surface area contributed by atoms with E-state index in [4.69, 9.17) is 8.85 Å². The van der Waals surface area contributed by atoms with Crippen molar-refractivity contribution in [3.05, 3.63) is 124 Å². The van der Waals surface area contributed by atoms with E-state index in [-0.39, 0.29) is 46.7 Å². The number of hydrogen-bond donors (Lipinski definition) is 2. The highest BCUT2D eigenvalue weighted by Gasteiger charge is 2.49. The molecule has 5 rings (SSSR count). The number of benzene rings is 3. The van der Waals surface area contributed by atoms with E-state index in [1.807, 2.05) is 90.4 Å². The molecule has 0 radical (unpaired) electrons. The second-order valence-electron chi connectivity index (χ2n) is 18.3. The van der Waals surface area contributed by atoms with Gasteiger partial charge < -0.3 is 23.2 Å². The van der Waals surface area contributed by atoms with Crippen LogP contribution in [0.5, 0.6) is 28.7 Å². The first-order chi connectivity index (χ1) is 27.7. The van der Waals surface area contributed by atoms with Crippen LogP contribution in [0.2, 0.25) is 39.3 Å². The summed E-state index contributed by atoms with van der Waals surface area (Å²) in [6.07, 6.45) is 9.81. The third-order valence-electron chi connectivity index (χ3n) is 10.6. The quantitative estimate of drug-likeness (QED) is 0.0763. The van der Waals surface area contributed by atoms with E-state index >= 15 is 0 Å². The summed E-state index contributed by atoms with van der Waals surface area (Å²) < 4.78 is 79.7. The Labute approximate surface area is 358 Å². The van der Waals surface area contributed by atoms with Crippen molar-refractivity contribution < 1.29 is 44.8 Å². The number of alkyl halides is 3. The summed E-state index contributed by atoms with van der Waals surface area (Å²) >= 11 is 0. The molecule has 60 heavy (non-hydrogen) atoms. The molecule has 3 aromatic rings. The third kappa shape index (κ3) is 13.1. The SMILES string of the molecule is C=C(C)[C@H]1CCC(C)=C[C@@H]1c1c(O)cc(CCc2ccccc2)cc1O.C=C(C)[C@H]1CCC(C)=C[C@@H]1c1c(O[Si](C)(C)C)cc(OS(=O)(=O)C(F)(F)F)cc1O[Si](C)(C)C. The van der Waals surface area contributed by atoms with Gasteiger partial charge in [0.15, 0.2) is 0 Å². The molecular weight excluding hydrogens is 822 g/mol. The number of aromatic hydroxyl groups is 2. The minimum atomic E-state index is -5.86. The zero-order chi connectivity index (χ0) is 45.0. The third-order valence-corrected chi connectivity index (χ3v) is 13.2. The number of allylic oxidation sites excluding steroid dienone is 6. The Kier molecular flexibility index (Phi) is 15.5. The normalized spacial score (nSPS) is 19.9. The maximum atomic E-state index is 13.0. The van der Waals surface area contributed by atoms with E-state index in [2.05, 4.69) is 48.5 Å². The molecule has 0 amide bonds. The van der Waals surface area contributed by atoms with Gasteiger partial charge in [0.25, 0.3) is 0 Å². The number of phenolic OH excluding ortho intramolecular Hbond substituents is 2. The molecule has 0 unspecified atom stereocenters. The number of rotatable bonds is 13. The molecule has 7 nitrogen and oxygen atoms in total. The van der Waals surface area contributed by atoms with Crippen molar-refractivity contribution >= 4 is 26.8 Å². The monoisotopic (exact) mass is 884 g/mol. The van der Waals surface area contributed by atoms with Gasteiger partial charge in [-0.2, -0.15) is 21.6 Å². The van der Waals surface area contributed by atoms with Crippen molar-refractivity contribution in [1.29, 1.82) is 0 Å². The molecule has 328 valence electrons. The minimum absolute atomic E-state index is 0.00979. The fraction of sp³-hybridized carbons (Fsp3) is 0.447. The summed E-state index contributed by atoms with van der Waals surface area (Å²) in [6.45, 7) is 28.1. The average molecular weight is 885 g/mol. The highest BCUT2D eigenvalue weighted by atomic mass is 32.2. The van der Waals surface area contributed by atoms with Crippen LogP contribution in [0.1, 0.15) is 87.5 Å². The van der Waals surface area contributed by atoms with Gasteiger partial charge in [0, 0.05) is 35.1 Å². The van der Waals surface area contributed by atoms with Crippen LogP contribution in [-0.2, 0) is 23.0 Å². The van der Waals surface area contributed by atoms with E-state index in [1.165, 1.54) is 28.8 Å². The summed E-state index contributed by atoms with van der Waals surface area (Å²) in [5.41, 5.74) is 2.55. The van der Waals surface area contributed by atoms with Crippen LogP contribution in [0, 0.1) is 11.8 Å². The molecule has 3 aromatic carbocycles. The molecule has 13 heteroatoms. The Hall–Kier alpha value is -4.21. The fourth-order valence-corrected chi connectivity index (χ4v) is 9.97. The van der Waals surface area contributed by atoms with Gasteiger partial charge >= 0.3 is 15.6 Å². The first-order valence-corrected chi connectivity index (χ1v) is 28.7. The first kappa shape index (κ1) is 48.5. The van der Waals surface area contributed by atoms with Crippen molar-refractivity contribution in [2.45, 2.75) is 123 Å². The molecule has 2 aliphatic rings. The minimum Gasteiger partial charge on any atom is -0.544 e. The van der Waals surface area contributed by atoms with Gasteiger partial charge in [0.05, 0.1) is 0 Å². The zero-order valence-corrected chi connectivity index (χ0v) is 39.6. The highest BCUT2D eigenvalue weighted by molar-refractivity contribution is 7.88. The summed E-state index contributed by atoms with van der Waals surface area (Å²) in [7, 11) is -10.4. The number of aryl methyl sites for hydroxylation is 2. The Morgan fingerprint density at radius 1 is 0.717 bits per heavy atom. The Balaban J connectivity index is 0.000000273. The van der Waals surface area contributed by atoms with Crippen molar-refractivity contribution in [2.75, 3.05) is 0 Å². The molecule has 2 aliphatic carbocycles. The van der Waals surface area contributed by atoms with E-state index < -0.39 is 38.0 Å². The van der Waals surface area contributed by atoms with Crippen LogP contribution in [0.3, 0.4) is 0 Å². The van der Waals surface area contributed by atoms with Crippen molar-refractivity contribution in [3.63, 3.8) is 0 Å². The van der Waals surface area contributed by atoms with Gasteiger partial charge in [0.1, 0.15) is 28.7 Å². The average Bonchev–Trinajstić information content (AvgIpc) is 3.09. The van der Waals surface area contributed by atoms with Crippen LogP contribution < -0.4 is 13.0 Å². The number of hydrogen-bond acceptors (Lipinski definition) is 7. The van der Waals surface area contributed by atoms with Crippen LogP contribution in [0.4, 0.5) is 13.2 Å². The van der Waals surface area contributed by atoms with Crippen LogP contribution in [0.15, 0.2) is 102 Å². The van der Waals surface area contributed by atoms with Crippen molar-refractivity contribution in [2.24, 2.45) is 11.8 Å². The smallest absolute Gasteiger partial charge is 0.534 e. The fourth-order valence-electron chi connectivity index (χ4n) is 7.87. The van der Waals surface area contributed by atoms with E-state index in [0.29, 0.717) is 11.1 Å². The molecule has 0 aromatic heterocycles. The van der Waals surface area contributed by atoms with Crippen LogP contribution in [0.25, 0.3) is 0 Å². The molecule has 0 saturated heterocycles. The van der Waals surface area contributed by atoms with Gasteiger partial charge in [0.2, 0.25) is 16.6 Å². The predicted octanol–water partition coefficient (Wildman–Crippen LogP) is 13.3. The molecule has 0 spiro atoms. The molecule has 0 saturated carbocycles. The van der Waals surface area contributed by atoms with E-state index in [9.17, 15) is 31.8 Å². The predicted molar refractivity (Wildman–Crippen MR) is 242 cm³/mol. The van der Waals surface area contributed by atoms with Crippen LogP contribution in [-0.4, -0.2) is 40.8 Å². The Morgan fingerprint density at radius 3 is 1.53 bits per heavy atom. The molecule has 2 N–H and O–H groups in total. The lowest BCUT2D eigenvalue weighted by Crippen LogP contribution is -2.33. The van der Waals surface area contributed by atoms with Gasteiger partial charge in [-0.15, -0.1) is 0 Å². The van der Waals surface area contributed by atoms with Gasteiger partial charge in [-0.05, 0) is 141 Å². The topological polar surface area (TPSA) is 102 Å². The largest absolute Gasteiger partial charge is 0.544 e. The lowest BCUT2D eigenvalue weighted by atomic mass is 9.73. The first-order valence-electron chi connectivity index (χ1n) is 20.5. The maximum absolute atomic E-state index is 13.0. The van der Waals surface area contributed by atoms with Gasteiger partial charge in [-0.25, -0.2) is 0 Å².